The average Bonchev–Trinajstić information content (AvgIpc) is 3.62. The lowest BCUT2D eigenvalue weighted by Gasteiger charge is -2.30. The van der Waals surface area contributed by atoms with Crippen molar-refractivity contribution in [1.82, 2.24) is 15.1 Å². The number of hydrogen-bond donors (Lipinski definition) is 2. The first-order valence-corrected chi connectivity index (χ1v) is 12.4. The molecule has 10 heteroatoms. The number of hydrogen-bond acceptors (Lipinski definition) is 5. The van der Waals surface area contributed by atoms with Gasteiger partial charge in [-0.05, 0) is 47.1 Å². The Bertz CT molecular complexity index is 1250. The van der Waals surface area contributed by atoms with Crippen molar-refractivity contribution in [1.29, 1.82) is 0 Å². The zero-order valence-corrected chi connectivity index (χ0v) is 20.2. The molecule has 3 amide bonds. The van der Waals surface area contributed by atoms with Crippen LogP contribution in [0.25, 0.3) is 11.1 Å². The number of nitrogens with one attached hydrogen (secondary N) is 1. The number of likely N-dealkylation sites (tertiary alicyclic amines) is 2. The Morgan fingerprint density at radius 3 is 2.62 bits per heavy atom. The summed E-state index contributed by atoms with van der Waals surface area (Å²) >= 11 is 0. The van der Waals surface area contributed by atoms with Crippen LogP contribution in [-0.4, -0.2) is 76.7 Å². The van der Waals surface area contributed by atoms with Gasteiger partial charge in [0.2, 0.25) is 11.8 Å². The number of amides is 3. The molecule has 2 fully saturated rings. The van der Waals surface area contributed by atoms with E-state index in [0.717, 1.165) is 33.6 Å². The molecule has 2 heterocycles. The Kier molecular flexibility index (Phi) is 6.82. The molecule has 5 rings (SSSR count). The van der Waals surface area contributed by atoms with Crippen molar-refractivity contribution in [3.8, 4) is 11.1 Å². The molecule has 1 aliphatic carbocycles. The summed E-state index contributed by atoms with van der Waals surface area (Å²) in [5, 5.41) is 11.1. The SMILES string of the molecule is O=C(O)CNC(=O)[C@H]1CCCN1C(=O)[C@H]1CC(F)CN1C(=O)OCc1cccc2c1Cc1ccccc1-2. The van der Waals surface area contributed by atoms with E-state index >= 15 is 0 Å². The lowest BCUT2D eigenvalue weighted by atomic mass is 10.0. The number of carbonyl (C=O) groups excluding carboxylic acids is 3. The number of aliphatic carboxylic acids is 1. The summed E-state index contributed by atoms with van der Waals surface area (Å²) in [5.74, 6) is -2.29. The van der Waals surface area contributed by atoms with E-state index < -0.39 is 48.7 Å². The highest BCUT2D eigenvalue weighted by molar-refractivity contribution is 5.93. The third-order valence-electron chi connectivity index (χ3n) is 7.32. The van der Waals surface area contributed by atoms with Gasteiger partial charge in [0.15, 0.2) is 0 Å². The van der Waals surface area contributed by atoms with E-state index in [1.54, 1.807) is 0 Å². The molecule has 3 atom stereocenters. The number of alkyl halides is 1. The lowest BCUT2D eigenvalue weighted by Crippen LogP contribution is -2.53. The minimum atomic E-state index is -1.39. The van der Waals surface area contributed by atoms with Gasteiger partial charge in [-0.15, -0.1) is 0 Å². The summed E-state index contributed by atoms with van der Waals surface area (Å²) in [6.45, 7) is -0.553. The third kappa shape index (κ3) is 4.87. The molecule has 0 radical (unpaired) electrons. The number of benzene rings is 2. The minimum Gasteiger partial charge on any atom is -0.480 e. The fraction of sp³-hybridized carbons (Fsp3) is 0.407. The third-order valence-corrected chi connectivity index (χ3v) is 7.32. The van der Waals surface area contributed by atoms with Gasteiger partial charge in [0.25, 0.3) is 0 Å². The Morgan fingerprint density at radius 1 is 1.03 bits per heavy atom. The van der Waals surface area contributed by atoms with E-state index in [1.165, 1.54) is 10.5 Å². The first-order chi connectivity index (χ1) is 17.8. The maximum Gasteiger partial charge on any atom is 0.410 e. The van der Waals surface area contributed by atoms with Crippen molar-refractivity contribution < 1.29 is 33.4 Å². The summed E-state index contributed by atoms with van der Waals surface area (Å²) in [6, 6.07) is 12.0. The molecule has 9 nitrogen and oxygen atoms in total. The molecule has 0 spiro atoms. The first-order valence-electron chi connectivity index (χ1n) is 12.4. The molecule has 0 bridgehead atoms. The molecule has 1 unspecified atom stereocenters. The molecule has 2 saturated heterocycles. The van der Waals surface area contributed by atoms with Gasteiger partial charge in [0.05, 0.1) is 6.54 Å². The second-order valence-corrected chi connectivity index (χ2v) is 9.63. The number of rotatable bonds is 6. The summed E-state index contributed by atoms with van der Waals surface area (Å²) in [4.78, 5) is 52.0. The molecule has 37 heavy (non-hydrogen) atoms. The maximum absolute atomic E-state index is 14.4. The number of halogens is 1. The van der Waals surface area contributed by atoms with Crippen molar-refractivity contribution in [2.24, 2.45) is 0 Å². The summed E-state index contributed by atoms with van der Waals surface area (Å²) in [5.41, 5.74) is 5.40. The Hall–Kier alpha value is -3.95. The van der Waals surface area contributed by atoms with Gasteiger partial charge >= 0.3 is 12.1 Å². The first kappa shape index (κ1) is 24.7. The van der Waals surface area contributed by atoms with Crippen LogP contribution < -0.4 is 5.32 Å². The second kappa shape index (κ2) is 10.2. The van der Waals surface area contributed by atoms with E-state index in [4.69, 9.17) is 9.84 Å². The molecular weight excluding hydrogens is 481 g/mol. The largest absolute Gasteiger partial charge is 0.480 e. The smallest absolute Gasteiger partial charge is 0.410 e. The molecule has 0 saturated carbocycles. The van der Waals surface area contributed by atoms with E-state index in [0.29, 0.717) is 12.8 Å². The van der Waals surface area contributed by atoms with Crippen LogP contribution in [0.3, 0.4) is 0 Å². The quantitative estimate of drug-likeness (QED) is 0.528. The normalized spacial score (nSPS) is 21.9. The summed E-state index contributed by atoms with van der Waals surface area (Å²) in [7, 11) is 0. The van der Waals surface area contributed by atoms with Gasteiger partial charge in [-0.1, -0.05) is 42.5 Å². The summed E-state index contributed by atoms with van der Waals surface area (Å²) in [6.07, 6.45) is -0.693. The molecule has 194 valence electrons. The van der Waals surface area contributed by atoms with Crippen molar-refractivity contribution >= 4 is 23.9 Å². The van der Waals surface area contributed by atoms with Crippen LogP contribution in [0.4, 0.5) is 9.18 Å². The average molecular weight is 510 g/mol. The molecule has 3 aliphatic rings. The van der Waals surface area contributed by atoms with Gasteiger partial charge in [-0.2, -0.15) is 0 Å². The number of nitrogens with zero attached hydrogens (tertiary/aromatic N) is 2. The van der Waals surface area contributed by atoms with E-state index in [1.807, 2.05) is 30.3 Å². The van der Waals surface area contributed by atoms with E-state index in [9.17, 15) is 23.6 Å². The monoisotopic (exact) mass is 509 g/mol. The highest BCUT2D eigenvalue weighted by Gasteiger charge is 2.45. The Morgan fingerprint density at radius 2 is 1.81 bits per heavy atom. The van der Waals surface area contributed by atoms with E-state index in [2.05, 4.69) is 17.4 Å². The summed E-state index contributed by atoms with van der Waals surface area (Å²) < 4.78 is 20.0. The topological polar surface area (TPSA) is 116 Å². The molecule has 2 aromatic rings. The number of ether oxygens (including phenoxy) is 1. The number of carboxylic acid groups (broad SMARTS) is 1. The van der Waals surface area contributed by atoms with Crippen molar-refractivity contribution in [2.75, 3.05) is 19.6 Å². The van der Waals surface area contributed by atoms with Gasteiger partial charge in [-0.3, -0.25) is 19.3 Å². The van der Waals surface area contributed by atoms with Crippen molar-refractivity contribution in [3.05, 3.63) is 59.2 Å². The number of carboxylic acids is 1. The lowest BCUT2D eigenvalue weighted by molar-refractivity contribution is -0.142. The highest BCUT2D eigenvalue weighted by Crippen LogP contribution is 2.38. The molecular formula is C27H28FN3O6. The number of carbonyl (C=O) groups is 4. The van der Waals surface area contributed by atoms with Crippen LogP contribution in [0.15, 0.2) is 42.5 Å². The van der Waals surface area contributed by atoms with Gasteiger partial charge in [0, 0.05) is 13.0 Å². The second-order valence-electron chi connectivity index (χ2n) is 9.63. The van der Waals surface area contributed by atoms with Crippen LogP contribution in [-0.2, 0) is 32.1 Å². The highest BCUT2D eigenvalue weighted by atomic mass is 19.1. The van der Waals surface area contributed by atoms with Crippen LogP contribution >= 0.6 is 0 Å². The molecule has 2 aromatic carbocycles. The fourth-order valence-corrected chi connectivity index (χ4v) is 5.58. The van der Waals surface area contributed by atoms with Crippen molar-refractivity contribution in [2.45, 2.75) is 50.5 Å². The van der Waals surface area contributed by atoms with Crippen molar-refractivity contribution in [3.63, 3.8) is 0 Å². The van der Waals surface area contributed by atoms with Crippen LogP contribution in [0.1, 0.15) is 36.0 Å². The van der Waals surface area contributed by atoms with E-state index in [-0.39, 0.29) is 26.1 Å². The van der Waals surface area contributed by atoms with Gasteiger partial charge in [0.1, 0.15) is 31.4 Å². The van der Waals surface area contributed by atoms with Crippen LogP contribution in [0.2, 0.25) is 0 Å². The van der Waals surface area contributed by atoms with Gasteiger partial charge < -0.3 is 20.1 Å². The standard InChI is InChI=1S/C27H28FN3O6/c28-18-12-23(26(35)30-10-4-9-22(30)25(34)29-13-24(32)33)31(14-18)27(36)37-15-17-6-3-8-20-19-7-2-1-5-16(19)11-21(17)20/h1-3,5-8,18,22-23H,4,9-15H2,(H,29,34)(H,32,33)/t18?,22-,23-/m1/s1. The minimum absolute atomic E-state index is 0.00566. The predicted molar refractivity (Wildman–Crippen MR) is 130 cm³/mol. The predicted octanol–water partition coefficient (Wildman–Crippen LogP) is 2.50. The van der Waals surface area contributed by atoms with Crippen LogP contribution in [0, 0.1) is 0 Å². The van der Waals surface area contributed by atoms with Gasteiger partial charge in [-0.25, -0.2) is 9.18 Å². The Balaban J connectivity index is 1.26. The Labute approximate surface area is 213 Å². The zero-order chi connectivity index (χ0) is 26.1. The zero-order valence-electron chi connectivity index (χ0n) is 20.2. The van der Waals surface area contributed by atoms with Crippen LogP contribution in [0.5, 0.6) is 0 Å². The number of fused-ring (bicyclic) bond motifs is 3. The molecule has 0 aromatic heterocycles. The molecule has 2 N–H and O–H groups in total. The maximum atomic E-state index is 14.4. The molecule has 2 aliphatic heterocycles. The fourth-order valence-electron chi connectivity index (χ4n) is 5.58.